The molecule has 8 heteroatoms. The smallest absolute Gasteiger partial charge is 0.335 e. The van der Waals surface area contributed by atoms with E-state index in [1.54, 1.807) is 16.8 Å². The predicted molar refractivity (Wildman–Crippen MR) is 96.9 cm³/mol. The molecule has 2 aromatic rings. The van der Waals surface area contributed by atoms with E-state index in [-0.39, 0.29) is 30.2 Å². The fraction of sp³-hybridized carbons (Fsp3) is 0.421. The summed E-state index contributed by atoms with van der Waals surface area (Å²) in [6, 6.07) is 7.91. The first kappa shape index (κ1) is 18.9. The molecule has 0 radical (unpaired) electrons. The topological polar surface area (TPSA) is 103 Å². The van der Waals surface area contributed by atoms with Crippen molar-refractivity contribution in [1.29, 1.82) is 0 Å². The molecule has 0 unspecified atom stereocenters. The van der Waals surface area contributed by atoms with E-state index in [9.17, 15) is 9.59 Å². The third-order valence-electron chi connectivity index (χ3n) is 4.44. The zero-order valence-corrected chi connectivity index (χ0v) is 15.3. The van der Waals surface area contributed by atoms with E-state index in [1.807, 2.05) is 19.9 Å². The number of carboxylic acid groups (broad SMARTS) is 1. The quantitative estimate of drug-likeness (QED) is 0.796. The molecule has 1 amide bonds. The van der Waals surface area contributed by atoms with Crippen LogP contribution in [-0.4, -0.2) is 52.1 Å². The Bertz CT molecular complexity index is 815. The second-order valence-electron chi connectivity index (χ2n) is 6.61. The number of carbonyl (C=O) groups excluding carboxylic acids is 1. The van der Waals surface area contributed by atoms with Crippen molar-refractivity contribution in [2.75, 3.05) is 13.2 Å². The molecule has 1 aliphatic heterocycles. The molecule has 0 saturated carbocycles. The van der Waals surface area contributed by atoms with Crippen LogP contribution < -0.4 is 10.1 Å². The summed E-state index contributed by atoms with van der Waals surface area (Å²) >= 11 is 0. The molecule has 1 aromatic carbocycles. The zero-order chi connectivity index (χ0) is 19.4. The largest absolute Gasteiger partial charge is 0.486 e. The summed E-state index contributed by atoms with van der Waals surface area (Å²) in [6.45, 7) is 4.85. The summed E-state index contributed by atoms with van der Waals surface area (Å²) in [5, 5.41) is 16.3. The molecule has 0 bridgehead atoms. The maximum Gasteiger partial charge on any atom is 0.335 e. The number of hydrogen-bond acceptors (Lipinski definition) is 5. The number of nitrogens with zero attached hydrogens (tertiary/aromatic N) is 2. The number of aromatic nitrogens is 2. The molecular formula is C19H23N3O5. The molecular weight excluding hydrogens is 350 g/mol. The highest BCUT2D eigenvalue weighted by molar-refractivity contribution is 5.87. The number of carboxylic acids is 1. The van der Waals surface area contributed by atoms with Gasteiger partial charge in [-0.05, 0) is 50.6 Å². The maximum absolute atomic E-state index is 12.4. The molecule has 0 aliphatic carbocycles. The number of nitrogens with one attached hydrogen (secondary N) is 1. The number of amides is 1. The molecule has 2 N–H and O–H groups in total. The Morgan fingerprint density at radius 3 is 2.70 bits per heavy atom. The minimum absolute atomic E-state index is 0.136. The summed E-state index contributed by atoms with van der Waals surface area (Å²) < 4.78 is 13.1. The van der Waals surface area contributed by atoms with Crippen LogP contribution in [0.25, 0.3) is 0 Å². The Morgan fingerprint density at radius 1 is 1.33 bits per heavy atom. The minimum atomic E-state index is -0.989. The summed E-state index contributed by atoms with van der Waals surface area (Å²) in [7, 11) is 0. The van der Waals surface area contributed by atoms with Crippen LogP contribution in [0.4, 0.5) is 0 Å². The summed E-state index contributed by atoms with van der Waals surface area (Å²) in [6.07, 6.45) is 0.291. The number of benzene rings is 1. The van der Waals surface area contributed by atoms with Gasteiger partial charge in [-0.3, -0.25) is 9.48 Å². The van der Waals surface area contributed by atoms with Crippen molar-refractivity contribution in [3.05, 3.63) is 47.3 Å². The molecule has 144 valence electrons. The lowest BCUT2D eigenvalue weighted by Crippen LogP contribution is -2.52. The normalized spacial score (nSPS) is 19.5. The number of rotatable bonds is 6. The predicted octanol–water partition coefficient (Wildman–Crippen LogP) is 1.55. The van der Waals surface area contributed by atoms with Crippen LogP contribution in [0, 0.1) is 13.8 Å². The fourth-order valence-corrected chi connectivity index (χ4v) is 3.07. The molecule has 0 spiro atoms. The van der Waals surface area contributed by atoms with Crippen molar-refractivity contribution in [3.63, 3.8) is 0 Å². The van der Waals surface area contributed by atoms with Gasteiger partial charge in [-0.2, -0.15) is 5.10 Å². The average Bonchev–Trinajstić information content (AvgIpc) is 2.94. The zero-order valence-electron chi connectivity index (χ0n) is 15.3. The van der Waals surface area contributed by atoms with Crippen molar-refractivity contribution in [2.45, 2.75) is 39.0 Å². The van der Waals surface area contributed by atoms with Crippen LogP contribution in [0.3, 0.4) is 0 Å². The van der Waals surface area contributed by atoms with Gasteiger partial charge >= 0.3 is 5.97 Å². The average molecular weight is 373 g/mol. The van der Waals surface area contributed by atoms with E-state index >= 15 is 0 Å². The van der Waals surface area contributed by atoms with Crippen molar-refractivity contribution < 1.29 is 24.2 Å². The Kier molecular flexibility index (Phi) is 5.75. The second-order valence-corrected chi connectivity index (χ2v) is 6.61. The molecule has 27 heavy (non-hydrogen) atoms. The van der Waals surface area contributed by atoms with E-state index in [2.05, 4.69) is 10.4 Å². The fourth-order valence-electron chi connectivity index (χ4n) is 3.07. The van der Waals surface area contributed by atoms with Crippen LogP contribution in [0.15, 0.2) is 30.3 Å². The number of hydrogen-bond donors (Lipinski definition) is 2. The third-order valence-corrected chi connectivity index (χ3v) is 4.44. The Balaban J connectivity index is 1.61. The Labute approximate surface area is 157 Å². The van der Waals surface area contributed by atoms with Gasteiger partial charge in [-0.25, -0.2) is 4.79 Å². The summed E-state index contributed by atoms with van der Waals surface area (Å²) in [5.41, 5.74) is 2.00. The van der Waals surface area contributed by atoms with Crippen LogP contribution in [-0.2, 0) is 16.1 Å². The number of ether oxygens (including phenoxy) is 2. The lowest BCUT2D eigenvalue weighted by Gasteiger charge is -2.32. The number of aromatic carboxylic acids is 1. The molecule has 2 atom stereocenters. The van der Waals surface area contributed by atoms with Gasteiger partial charge in [-0.15, -0.1) is 0 Å². The van der Waals surface area contributed by atoms with Gasteiger partial charge in [0.2, 0.25) is 5.91 Å². The highest BCUT2D eigenvalue weighted by Crippen LogP contribution is 2.19. The first-order valence-electron chi connectivity index (χ1n) is 8.80. The Morgan fingerprint density at radius 2 is 2.07 bits per heavy atom. The van der Waals surface area contributed by atoms with Crippen molar-refractivity contribution in [1.82, 2.24) is 15.1 Å². The van der Waals surface area contributed by atoms with Crippen LogP contribution in [0.5, 0.6) is 5.75 Å². The summed E-state index contributed by atoms with van der Waals surface area (Å²) in [5.74, 6) is -0.590. The van der Waals surface area contributed by atoms with E-state index in [1.165, 1.54) is 12.1 Å². The van der Waals surface area contributed by atoms with Gasteiger partial charge in [0, 0.05) is 12.3 Å². The van der Waals surface area contributed by atoms with Gasteiger partial charge in [-0.1, -0.05) is 0 Å². The molecule has 1 aromatic heterocycles. The lowest BCUT2D eigenvalue weighted by atomic mass is 10.1. The van der Waals surface area contributed by atoms with E-state index in [0.717, 1.165) is 11.4 Å². The van der Waals surface area contributed by atoms with Gasteiger partial charge in [0.1, 0.15) is 18.4 Å². The van der Waals surface area contributed by atoms with E-state index in [0.29, 0.717) is 25.4 Å². The first-order valence-corrected chi connectivity index (χ1v) is 8.80. The van der Waals surface area contributed by atoms with Crippen LogP contribution >= 0.6 is 0 Å². The van der Waals surface area contributed by atoms with Crippen LogP contribution in [0.2, 0.25) is 0 Å². The maximum atomic E-state index is 12.4. The lowest BCUT2D eigenvalue weighted by molar-refractivity contribution is -0.124. The monoisotopic (exact) mass is 373 g/mol. The molecule has 1 fully saturated rings. The third kappa shape index (κ3) is 4.85. The van der Waals surface area contributed by atoms with E-state index in [4.69, 9.17) is 14.6 Å². The molecule has 1 saturated heterocycles. The van der Waals surface area contributed by atoms with E-state index < -0.39 is 5.97 Å². The van der Waals surface area contributed by atoms with Gasteiger partial charge < -0.3 is 19.9 Å². The first-order chi connectivity index (χ1) is 12.9. The number of carbonyl (C=O) groups is 2. The van der Waals surface area contributed by atoms with Gasteiger partial charge in [0.05, 0.1) is 23.9 Å². The number of aryl methyl sites for hydroxylation is 2. The van der Waals surface area contributed by atoms with Gasteiger partial charge in [0.15, 0.2) is 0 Å². The van der Waals surface area contributed by atoms with Crippen molar-refractivity contribution in [2.24, 2.45) is 0 Å². The minimum Gasteiger partial charge on any atom is -0.486 e. The van der Waals surface area contributed by atoms with Crippen LogP contribution in [0.1, 0.15) is 28.2 Å². The molecule has 1 aliphatic rings. The highest BCUT2D eigenvalue weighted by atomic mass is 16.5. The van der Waals surface area contributed by atoms with Crippen molar-refractivity contribution >= 4 is 11.9 Å². The Hall–Kier alpha value is -2.87. The highest BCUT2D eigenvalue weighted by Gasteiger charge is 2.29. The SMILES string of the molecule is Cc1cc(C)n(CC(=O)N[C@@H]2CCOC[C@H]2Oc2ccc(C(=O)O)cc2)n1. The second kappa shape index (κ2) is 8.22. The van der Waals surface area contributed by atoms with Crippen molar-refractivity contribution in [3.8, 4) is 5.75 Å². The molecule has 2 heterocycles. The summed E-state index contributed by atoms with van der Waals surface area (Å²) in [4.78, 5) is 23.4. The van der Waals surface area contributed by atoms with Gasteiger partial charge in [0.25, 0.3) is 0 Å². The molecule has 3 rings (SSSR count). The standard InChI is InChI=1S/C19H23N3O5/c1-12-9-13(2)22(21-12)10-18(23)20-16-7-8-26-11-17(16)27-15-5-3-14(4-6-15)19(24)25/h3-6,9,16-17H,7-8,10-11H2,1-2H3,(H,20,23)(H,24,25)/t16-,17-/m1/s1. The molecule has 8 nitrogen and oxygen atoms in total.